The average Bonchev–Trinajstić information content (AvgIpc) is 2.71. The van der Waals surface area contributed by atoms with Crippen LogP contribution in [0.25, 0.3) is 0 Å². The molecule has 0 radical (unpaired) electrons. The number of benzene rings is 1. The summed E-state index contributed by atoms with van der Waals surface area (Å²) in [4.78, 5) is 11.2. The number of carbonyl (C=O) groups excluding carboxylic acids is 1. The summed E-state index contributed by atoms with van der Waals surface area (Å²) in [5, 5.41) is 11.0. The van der Waals surface area contributed by atoms with Gasteiger partial charge in [-0.25, -0.2) is 0 Å². The summed E-state index contributed by atoms with van der Waals surface area (Å²) in [6.07, 6.45) is 1.64. The van der Waals surface area contributed by atoms with Gasteiger partial charge in [0.25, 0.3) is 0 Å². The lowest BCUT2D eigenvalue weighted by Gasteiger charge is -2.01. The van der Waals surface area contributed by atoms with Crippen molar-refractivity contribution in [3.63, 3.8) is 0 Å². The van der Waals surface area contributed by atoms with Gasteiger partial charge >= 0.3 is 0 Å². The van der Waals surface area contributed by atoms with E-state index in [-0.39, 0.29) is 11.2 Å². The molecule has 1 amide bonds. The van der Waals surface area contributed by atoms with Gasteiger partial charge < -0.3 is 10.1 Å². The van der Waals surface area contributed by atoms with Crippen LogP contribution in [0.3, 0.4) is 0 Å². The molecule has 1 heterocycles. The van der Waals surface area contributed by atoms with E-state index >= 15 is 0 Å². The first kappa shape index (κ1) is 13.6. The Balaban J connectivity index is 1.95. The van der Waals surface area contributed by atoms with Gasteiger partial charge in [0.1, 0.15) is 5.75 Å². The lowest BCUT2D eigenvalue weighted by Crippen LogP contribution is -2.23. The van der Waals surface area contributed by atoms with E-state index in [4.69, 9.17) is 4.74 Å². The molecule has 0 bridgehead atoms. The van der Waals surface area contributed by atoms with Crippen LogP contribution >= 0.6 is 11.8 Å². The minimum absolute atomic E-state index is 0.0278. The van der Waals surface area contributed by atoms with Gasteiger partial charge in [0.2, 0.25) is 5.91 Å². The molecular formula is C13H15N3O2S. The number of amidine groups is 1. The Labute approximate surface area is 116 Å². The summed E-state index contributed by atoms with van der Waals surface area (Å²) in [5.74, 6) is 0.804. The van der Waals surface area contributed by atoms with Gasteiger partial charge in [-0.05, 0) is 43.7 Å². The third-order valence-corrected chi connectivity index (χ3v) is 3.41. The molecule has 1 aliphatic heterocycles. The van der Waals surface area contributed by atoms with E-state index in [2.05, 4.69) is 15.5 Å². The van der Waals surface area contributed by atoms with E-state index in [0.29, 0.717) is 11.8 Å². The van der Waals surface area contributed by atoms with Crippen molar-refractivity contribution >= 4 is 29.1 Å². The first-order valence-electron chi connectivity index (χ1n) is 6.00. The second kappa shape index (κ2) is 6.38. The number of ether oxygens (including phenoxy) is 1. The third kappa shape index (κ3) is 3.82. The Morgan fingerprint density at radius 2 is 2.16 bits per heavy atom. The van der Waals surface area contributed by atoms with Crippen molar-refractivity contribution in [2.75, 3.05) is 6.61 Å². The van der Waals surface area contributed by atoms with Crippen molar-refractivity contribution in [1.29, 1.82) is 0 Å². The Morgan fingerprint density at radius 1 is 1.42 bits per heavy atom. The van der Waals surface area contributed by atoms with Crippen molar-refractivity contribution in [3.05, 3.63) is 29.8 Å². The summed E-state index contributed by atoms with van der Waals surface area (Å²) in [6.45, 7) is 4.43. The molecule has 0 saturated carbocycles. The zero-order valence-corrected chi connectivity index (χ0v) is 11.6. The highest BCUT2D eigenvalue weighted by Gasteiger charge is 2.25. The van der Waals surface area contributed by atoms with E-state index < -0.39 is 0 Å². The van der Waals surface area contributed by atoms with Gasteiger partial charge in [-0.1, -0.05) is 11.8 Å². The fourth-order valence-corrected chi connectivity index (χ4v) is 2.23. The second-order valence-electron chi connectivity index (χ2n) is 3.90. The van der Waals surface area contributed by atoms with Gasteiger partial charge in [0, 0.05) is 0 Å². The van der Waals surface area contributed by atoms with E-state index in [1.54, 1.807) is 6.21 Å². The van der Waals surface area contributed by atoms with E-state index in [1.807, 2.05) is 38.1 Å². The normalized spacial score (nSPS) is 21.1. The van der Waals surface area contributed by atoms with Crippen LogP contribution < -0.4 is 10.1 Å². The zero-order chi connectivity index (χ0) is 13.7. The van der Waals surface area contributed by atoms with Crippen molar-refractivity contribution in [2.45, 2.75) is 19.1 Å². The molecule has 0 spiro atoms. The van der Waals surface area contributed by atoms with E-state index in [1.165, 1.54) is 11.8 Å². The number of hydrogen-bond donors (Lipinski definition) is 1. The SMILES string of the molecule is CCOc1ccc(C=N/N=C2/NC(=O)C(C)S2)cc1. The summed E-state index contributed by atoms with van der Waals surface area (Å²) < 4.78 is 5.35. The monoisotopic (exact) mass is 277 g/mol. The van der Waals surface area contributed by atoms with Gasteiger partial charge in [0.15, 0.2) is 5.17 Å². The lowest BCUT2D eigenvalue weighted by atomic mass is 10.2. The molecular weight excluding hydrogens is 262 g/mol. The van der Waals surface area contributed by atoms with Gasteiger partial charge in [-0.15, -0.1) is 5.10 Å². The van der Waals surface area contributed by atoms with Crippen molar-refractivity contribution in [3.8, 4) is 5.75 Å². The van der Waals surface area contributed by atoms with Crippen molar-refractivity contribution < 1.29 is 9.53 Å². The maximum Gasteiger partial charge on any atom is 0.239 e. The molecule has 1 aromatic rings. The Morgan fingerprint density at radius 3 is 2.74 bits per heavy atom. The number of nitrogens with zero attached hydrogens (tertiary/aromatic N) is 2. The van der Waals surface area contributed by atoms with Gasteiger partial charge in [-0.3, -0.25) is 4.79 Å². The molecule has 2 rings (SSSR count). The molecule has 0 aromatic heterocycles. The molecule has 1 unspecified atom stereocenters. The highest BCUT2D eigenvalue weighted by molar-refractivity contribution is 8.15. The topological polar surface area (TPSA) is 63.1 Å². The van der Waals surface area contributed by atoms with Gasteiger partial charge in [0.05, 0.1) is 18.1 Å². The maximum atomic E-state index is 11.2. The van der Waals surface area contributed by atoms with E-state index in [0.717, 1.165) is 11.3 Å². The number of nitrogens with one attached hydrogen (secondary N) is 1. The fraction of sp³-hybridized carbons (Fsp3) is 0.308. The lowest BCUT2D eigenvalue weighted by molar-refractivity contribution is -0.118. The van der Waals surface area contributed by atoms with Gasteiger partial charge in [-0.2, -0.15) is 5.10 Å². The zero-order valence-electron chi connectivity index (χ0n) is 10.8. The smallest absolute Gasteiger partial charge is 0.239 e. The summed E-state index contributed by atoms with van der Waals surface area (Å²) in [7, 11) is 0. The second-order valence-corrected chi connectivity index (χ2v) is 5.23. The summed E-state index contributed by atoms with van der Waals surface area (Å²) in [5.41, 5.74) is 0.926. The summed E-state index contributed by atoms with van der Waals surface area (Å²) in [6, 6.07) is 7.56. The Kier molecular flexibility index (Phi) is 4.57. The molecule has 100 valence electrons. The molecule has 1 aromatic carbocycles. The van der Waals surface area contributed by atoms with Crippen LogP contribution in [-0.2, 0) is 4.79 Å². The van der Waals surface area contributed by atoms with E-state index in [9.17, 15) is 4.79 Å². The van der Waals surface area contributed by atoms with Crippen LogP contribution in [0.5, 0.6) is 5.75 Å². The molecule has 6 heteroatoms. The van der Waals surface area contributed by atoms with Crippen molar-refractivity contribution in [2.24, 2.45) is 10.2 Å². The molecule has 1 saturated heterocycles. The minimum Gasteiger partial charge on any atom is -0.494 e. The molecule has 1 fully saturated rings. The number of thioether (sulfide) groups is 1. The van der Waals surface area contributed by atoms with Crippen molar-refractivity contribution in [1.82, 2.24) is 5.32 Å². The Hall–Kier alpha value is -1.82. The predicted molar refractivity (Wildman–Crippen MR) is 77.8 cm³/mol. The molecule has 1 N–H and O–H groups in total. The number of amides is 1. The highest BCUT2D eigenvalue weighted by Crippen LogP contribution is 2.18. The molecule has 1 atom stereocenters. The van der Waals surface area contributed by atoms with Crippen LogP contribution in [0.1, 0.15) is 19.4 Å². The average molecular weight is 277 g/mol. The number of hydrogen-bond acceptors (Lipinski definition) is 5. The van der Waals surface area contributed by atoms with Crippen LogP contribution in [0.4, 0.5) is 0 Å². The van der Waals surface area contributed by atoms with Crippen LogP contribution in [0, 0.1) is 0 Å². The van der Waals surface area contributed by atoms with Crippen LogP contribution in [0.2, 0.25) is 0 Å². The first-order valence-corrected chi connectivity index (χ1v) is 6.88. The molecule has 5 nitrogen and oxygen atoms in total. The summed E-state index contributed by atoms with van der Waals surface area (Å²) >= 11 is 1.37. The molecule has 1 aliphatic rings. The fourth-order valence-electron chi connectivity index (χ4n) is 1.47. The molecule has 19 heavy (non-hydrogen) atoms. The number of carbonyl (C=O) groups is 1. The highest BCUT2D eigenvalue weighted by atomic mass is 32.2. The van der Waals surface area contributed by atoms with Crippen LogP contribution in [0.15, 0.2) is 34.5 Å². The third-order valence-electron chi connectivity index (χ3n) is 2.43. The largest absolute Gasteiger partial charge is 0.494 e. The van der Waals surface area contributed by atoms with Crippen LogP contribution in [-0.4, -0.2) is 29.1 Å². The predicted octanol–water partition coefficient (Wildman–Crippen LogP) is 2.03. The first-order chi connectivity index (χ1) is 9.19. The molecule has 0 aliphatic carbocycles. The Bertz CT molecular complexity index is 511. The quantitative estimate of drug-likeness (QED) is 0.676. The number of rotatable bonds is 4. The maximum absolute atomic E-state index is 11.2. The minimum atomic E-state index is -0.0978. The standard InChI is InChI=1S/C13H15N3O2S/c1-3-18-11-6-4-10(5-7-11)8-14-16-13-15-12(17)9(2)19-13/h4-9H,3H2,1-2H3,(H,15,16,17).